The monoisotopic (exact) mass is 394 g/mol. The molecule has 0 atom stereocenters. The number of ether oxygens (including phenoxy) is 2. The van der Waals surface area contributed by atoms with E-state index >= 15 is 0 Å². The van der Waals surface area contributed by atoms with Gasteiger partial charge in [-0.1, -0.05) is 47.7 Å². The molecular formula is C22H22N2O3S. The number of aromatic nitrogens is 1. The van der Waals surface area contributed by atoms with E-state index in [0.29, 0.717) is 25.0 Å². The van der Waals surface area contributed by atoms with Crippen LogP contribution in [0.5, 0.6) is 5.75 Å². The summed E-state index contributed by atoms with van der Waals surface area (Å²) in [5, 5.41) is 0.695. The zero-order valence-electron chi connectivity index (χ0n) is 15.8. The van der Waals surface area contributed by atoms with Gasteiger partial charge < -0.3 is 9.47 Å². The Morgan fingerprint density at radius 1 is 1.18 bits per heavy atom. The highest BCUT2D eigenvalue weighted by Gasteiger charge is 2.25. The first-order valence-corrected chi connectivity index (χ1v) is 10.2. The quantitative estimate of drug-likeness (QED) is 0.617. The summed E-state index contributed by atoms with van der Waals surface area (Å²) in [6, 6.07) is 17.4. The van der Waals surface area contributed by atoms with Crippen LogP contribution < -0.4 is 9.64 Å². The highest BCUT2D eigenvalue weighted by atomic mass is 32.1. The molecule has 3 aromatic rings. The number of nitrogens with zero attached hydrogens (tertiary/aromatic N) is 2. The van der Waals surface area contributed by atoms with Gasteiger partial charge in [-0.25, -0.2) is 4.98 Å². The molecule has 1 aromatic heterocycles. The molecule has 28 heavy (non-hydrogen) atoms. The minimum absolute atomic E-state index is 0.0367. The lowest BCUT2D eigenvalue weighted by Crippen LogP contribution is -2.27. The second-order valence-electron chi connectivity index (χ2n) is 6.45. The average molecular weight is 394 g/mol. The minimum atomic E-state index is -0.0367. The van der Waals surface area contributed by atoms with Gasteiger partial charge in [0.25, 0.3) is 0 Å². The lowest BCUT2D eigenvalue weighted by atomic mass is 10.1. The van der Waals surface area contributed by atoms with Gasteiger partial charge in [0.2, 0.25) is 5.91 Å². The number of para-hydroxylation sites is 2. The van der Waals surface area contributed by atoms with E-state index < -0.39 is 0 Å². The Labute approximate surface area is 168 Å². The molecule has 6 heteroatoms. The van der Waals surface area contributed by atoms with Crippen LogP contribution in [0.1, 0.15) is 23.1 Å². The van der Waals surface area contributed by atoms with Crippen molar-refractivity contribution in [1.29, 1.82) is 0 Å². The smallest absolute Gasteiger partial charge is 0.237 e. The van der Waals surface area contributed by atoms with Crippen molar-refractivity contribution in [3.8, 4) is 5.75 Å². The summed E-state index contributed by atoms with van der Waals surface area (Å²) in [5.74, 6) is 0.712. The Kier molecular flexibility index (Phi) is 5.69. The number of hydrogen-bond acceptors (Lipinski definition) is 5. The van der Waals surface area contributed by atoms with Gasteiger partial charge in [0, 0.05) is 12.0 Å². The van der Waals surface area contributed by atoms with Gasteiger partial charge in [-0.2, -0.15) is 0 Å². The fourth-order valence-corrected chi connectivity index (χ4v) is 4.32. The van der Waals surface area contributed by atoms with E-state index in [1.165, 1.54) is 11.3 Å². The summed E-state index contributed by atoms with van der Waals surface area (Å²) in [6.07, 6.45) is 1.03. The van der Waals surface area contributed by atoms with E-state index in [2.05, 4.69) is 0 Å². The zero-order chi connectivity index (χ0) is 19.3. The number of anilines is 2. The molecule has 4 rings (SSSR count). The zero-order valence-corrected chi connectivity index (χ0v) is 16.6. The highest BCUT2D eigenvalue weighted by molar-refractivity contribution is 7.16. The molecule has 0 saturated carbocycles. The maximum Gasteiger partial charge on any atom is 0.237 e. The summed E-state index contributed by atoms with van der Waals surface area (Å²) >= 11 is 1.53. The molecule has 5 nitrogen and oxygen atoms in total. The van der Waals surface area contributed by atoms with Gasteiger partial charge in [0.15, 0.2) is 5.13 Å². The van der Waals surface area contributed by atoms with E-state index in [-0.39, 0.29) is 12.3 Å². The van der Waals surface area contributed by atoms with Crippen molar-refractivity contribution in [3.05, 3.63) is 70.7 Å². The normalized spacial score (nSPS) is 13.0. The molecule has 1 amide bonds. The molecule has 2 aromatic carbocycles. The fourth-order valence-electron chi connectivity index (χ4n) is 3.23. The molecule has 0 unspecified atom stereocenters. The van der Waals surface area contributed by atoms with Crippen LogP contribution in [0.15, 0.2) is 54.6 Å². The third-order valence-electron chi connectivity index (χ3n) is 4.55. The van der Waals surface area contributed by atoms with Crippen molar-refractivity contribution < 1.29 is 14.3 Å². The van der Waals surface area contributed by atoms with Crippen LogP contribution in [0, 0.1) is 0 Å². The number of thiazole rings is 1. The van der Waals surface area contributed by atoms with E-state index in [0.717, 1.165) is 34.0 Å². The molecule has 0 saturated heterocycles. The van der Waals surface area contributed by atoms with Crippen LogP contribution in [0.25, 0.3) is 0 Å². The molecule has 2 heterocycles. The van der Waals surface area contributed by atoms with Crippen molar-refractivity contribution in [2.45, 2.75) is 26.4 Å². The maximum atomic E-state index is 13.4. The highest BCUT2D eigenvalue weighted by Crippen LogP contribution is 2.35. The Balaban J connectivity index is 1.68. The number of carbonyl (C=O) groups excluding carboxylic acids is 1. The summed E-state index contributed by atoms with van der Waals surface area (Å²) in [7, 11) is 0. The number of fused-ring (bicyclic) bond motifs is 1. The first-order valence-electron chi connectivity index (χ1n) is 9.41. The molecule has 1 aliphatic heterocycles. The molecule has 0 radical (unpaired) electrons. The predicted molar refractivity (Wildman–Crippen MR) is 110 cm³/mol. The number of rotatable bonds is 6. The summed E-state index contributed by atoms with van der Waals surface area (Å²) in [4.78, 5) is 21.0. The van der Waals surface area contributed by atoms with Gasteiger partial charge in [0.1, 0.15) is 5.75 Å². The molecule has 0 spiro atoms. The molecule has 0 bridgehead atoms. The number of hydrogen-bond donors (Lipinski definition) is 0. The second kappa shape index (κ2) is 8.54. The molecule has 0 N–H and O–H groups in total. The SMILES string of the molecule is CCOc1ccccc1CC(=O)N(c1ccccc1)c1nc2c(s1)COCC2. The van der Waals surface area contributed by atoms with Crippen molar-refractivity contribution in [3.63, 3.8) is 0 Å². The first kappa shape index (κ1) is 18.7. The average Bonchev–Trinajstić information content (AvgIpc) is 3.14. The summed E-state index contributed by atoms with van der Waals surface area (Å²) in [6.45, 7) is 3.75. The summed E-state index contributed by atoms with van der Waals surface area (Å²) < 4.78 is 11.2. The largest absolute Gasteiger partial charge is 0.494 e. The second-order valence-corrected chi connectivity index (χ2v) is 7.51. The van der Waals surface area contributed by atoms with Gasteiger partial charge in [-0.15, -0.1) is 0 Å². The Morgan fingerprint density at radius 2 is 1.96 bits per heavy atom. The van der Waals surface area contributed by atoms with Crippen LogP contribution in [-0.4, -0.2) is 24.1 Å². The van der Waals surface area contributed by atoms with Crippen LogP contribution in [-0.2, 0) is 29.0 Å². The van der Waals surface area contributed by atoms with E-state index in [1.807, 2.05) is 61.5 Å². The van der Waals surface area contributed by atoms with Crippen LogP contribution in [0.4, 0.5) is 10.8 Å². The van der Waals surface area contributed by atoms with E-state index in [1.54, 1.807) is 4.90 Å². The third-order valence-corrected chi connectivity index (χ3v) is 5.61. The van der Waals surface area contributed by atoms with Crippen LogP contribution in [0.3, 0.4) is 0 Å². The van der Waals surface area contributed by atoms with E-state index in [9.17, 15) is 4.79 Å². The van der Waals surface area contributed by atoms with E-state index in [4.69, 9.17) is 14.5 Å². The van der Waals surface area contributed by atoms with Crippen LogP contribution in [0.2, 0.25) is 0 Å². The molecule has 0 fully saturated rings. The number of amides is 1. The van der Waals surface area contributed by atoms with Gasteiger partial charge in [0.05, 0.1) is 42.5 Å². The Hall–Kier alpha value is -2.70. The Bertz CT molecular complexity index is 932. The maximum absolute atomic E-state index is 13.4. The number of benzene rings is 2. The predicted octanol–water partition coefficient (Wildman–Crippen LogP) is 4.52. The first-order chi connectivity index (χ1) is 13.8. The topological polar surface area (TPSA) is 51.7 Å². The van der Waals surface area contributed by atoms with Crippen molar-refractivity contribution in [2.24, 2.45) is 0 Å². The van der Waals surface area contributed by atoms with Crippen LogP contribution >= 0.6 is 11.3 Å². The van der Waals surface area contributed by atoms with Crippen molar-refractivity contribution in [1.82, 2.24) is 4.98 Å². The van der Waals surface area contributed by atoms with Crippen molar-refractivity contribution in [2.75, 3.05) is 18.1 Å². The third kappa shape index (κ3) is 3.93. The van der Waals surface area contributed by atoms with Gasteiger partial charge in [-0.05, 0) is 25.1 Å². The number of carbonyl (C=O) groups is 1. The lowest BCUT2D eigenvalue weighted by molar-refractivity contribution is -0.117. The molecular weight excluding hydrogens is 372 g/mol. The van der Waals surface area contributed by atoms with Gasteiger partial charge in [-0.3, -0.25) is 9.69 Å². The lowest BCUT2D eigenvalue weighted by Gasteiger charge is -2.21. The van der Waals surface area contributed by atoms with Crippen molar-refractivity contribution >= 4 is 28.1 Å². The Morgan fingerprint density at radius 3 is 2.75 bits per heavy atom. The molecule has 0 aliphatic carbocycles. The molecule has 144 valence electrons. The fraction of sp³-hybridized carbons (Fsp3) is 0.273. The minimum Gasteiger partial charge on any atom is -0.494 e. The summed E-state index contributed by atoms with van der Waals surface area (Å²) in [5.41, 5.74) is 2.73. The standard InChI is InChI=1S/C22H22N2O3S/c1-2-27-19-11-7-6-8-16(19)14-21(25)24(17-9-4-3-5-10-17)22-23-18-12-13-26-15-20(18)28-22/h3-11H,2,12-15H2,1H3. The molecule has 1 aliphatic rings. The van der Waals surface area contributed by atoms with Gasteiger partial charge >= 0.3 is 0 Å².